The first-order valence-electron chi connectivity index (χ1n) is 9.28. The molecular weight excluding hydrogens is 334 g/mol. The van der Waals surface area contributed by atoms with E-state index in [9.17, 15) is 4.79 Å². The van der Waals surface area contributed by atoms with E-state index in [-0.39, 0.29) is 17.6 Å². The van der Waals surface area contributed by atoms with Crippen molar-refractivity contribution in [2.75, 3.05) is 25.4 Å². The highest BCUT2D eigenvalue weighted by molar-refractivity contribution is 8.00. The normalized spacial score (nSPS) is 23.2. The Morgan fingerprint density at radius 1 is 1.36 bits per heavy atom. The number of amides is 1. The van der Waals surface area contributed by atoms with Crippen molar-refractivity contribution in [2.45, 2.75) is 62.2 Å². The molecule has 6 heteroatoms. The third kappa shape index (κ3) is 5.19. The number of hydrogen-bond donors (Lipinski definition) is 1. The Morgan fingerprint density at radius 3 is 2.76 bits per heavy atom. The van der Waals surface area contributed by atoms with Gasteiger partial charge in [-0.3, -0.25) is 9.78 Å². The molecule has 3 heterocycles. The van der Waals surface area contributed by atoms with Crippen molar-refractivity contribution in [3.8, 4) is 0 Å². The van der Waals surface area contributed by atoms with Gasteiger partial charge in [-0.05, 0) is 51.7 Å². The number of piperidine rings is 1. The van der Waals surface area contributed by atoms with Gasteiger partial charge in [-0.15, -0.1) is 11.8 Å². The number of hydrogen-bond acceptors (Lipinski definition) is 5. The number of likely N-dealkylation sites (tertiary alicyclic amines) is 1. The van der Waals surface area contributed by atoms with E-state index in [1.54, 1.807) is 12.4 Å². The average Bonchev–Trinajstić information content (AvgIpc) is 3.02. The Balaban J connectivity index is 1.36. The average molecular weight is 364 g/mol. The third-order valence-electron chi connectivity index (χ3n) is 5.32. The summed E-state index contributed by atoms with van der Waals surface area (Å²) in [6, 6.07) is 4.46. The molecule has 1 atom stereocenters. The fraction of sp³-hybridized carbons (Fsp3) is 0.684. The lowest BCUT2D eigenvalue weighted by atomic mass is 9.88. The largest absolute Gasteiger partial charge is 0.370 e. The highest BCUT2D eigenvalue weighted by Crippen LogP contribution is 2.39. The molecule has 0 radical (unpaired) electrons. The maximum atomic E-state index is 12.0. The fourth-order valence-corrected chi connectivity index (χ4v) is 4.43. The van der Waals surface area contributed by atoms with Crippen molar-refractivity contribution in [1.82, 2.24) is 15.2 Å². The van der Waals surface area contributed by atoms with E-state index in [0.29, 0.717) is 18.3 Å². The predicted octanol–water partition coefficient (Wildman–Crippen LogP) is 2.71. The number of pyridine rings is 1. The Hall–Kier alpha value is -1.11. The summed E-state index contributed by atoms with van der Waals surface area (Å²) in [5.41, 5.74) is 0.0621. The van der Waals surface area contributed by atoms with Crippen molar-refractivity contribution >= 4 is 17.7 Å². The third-order valence-corrected chi connectivity index (χ3v) is 6.34. The summed E-state index contributed by atoms with van der Waals surface area (Å²) < 4.78 is 6.37. The molecule has 1 N–H and O–H groups in total. The molecule has 2 saturated heterocycles. The van der Waals surface area contributed by atoms with Crippen LogP contribution < -0.4 is 5.32 Å². The lowest BCUT2D eigenvalue weighted by Gasteiger charge is -2.40. The van der Waals surface area contributed by atoms with E-state index in [4.69, 9.17) is 4.74 Å². The number of ether oxygens (including phenoxy) is 1. The van der Waals surface area contributed by atoms with Crippen LogP contribution in [0.3, 0.4) is 0 Å². The maximum Gasteiger partial charge on any atom is 0.230 e. The zero-order valence-electron chi connectivity index (χ0n) is 15.2. The fourth-order valence-electron chi connectivity index (χ4n) is 3.72. The van der Waals surface area contributed by atoms with Gasteiger partial charge in [0.05, 0.1) is 17.5 Å². The van der Waals surface area contributed by atoms with Crippen LogP contribution in [0.1, 0.15) is 39.5 Å². The number of nitrogens with zero attached hydrogens (tertiary/aromatic N) is 2. The molecule has 1 aromatic rings. The van der Waals surface area contributed by atoms with Crippen LogP contribution in [0, 0.1) is 0 Å². The first kappa shape index (κ1) is 18.7. The molecule has 0 bridgehead atoms. The standard InChI is InChI=1S/C19H29N3O2S/c1-15(2)22-11-7-19(8-12-22)6-3-16(24-19)13-21-18(23)14-25-17-4-9-20-10-5-17/h4-5,9-10,15-16H,3,6-8,11-14H2,1-2H3,(H,21,23)/t16-/m1/s1. The van der Waals surface area contributed by atoms with Gasteiger partial charge in [-0.1, -0.05) is 0 Å². The van der Waals surface area contributed by atoms with Crippen molar-refractivity contribution in [2.24, 2.45) is 0 Å². The molecule has 0 aliphatic carbocycles. The van der Waals surface area contributed by atoms with Gasteiger partial charge in [0.25, 0.3) is 0 Å². The van der Waals surface area contributed by atoms with Crippen LogP contribution in [0.2, 0.25) is 0 Å². The Labute approximate surface area is 154 Å². The van der Waals surface area contributed by atoms with Crippen molar-refractivity contribution in [3.05, 3.63) is 24.5 Å². The smallest absolute Gasteiger partial charge is 0.230 e. The second-order valence-corrected chi connectivity index (χ2v) is 8.42. The second-order valence-electron chi connectivity index (χ2n) is 7.37. The van der Waals surface area contributed by atoms with Gasteiger partial charge in [-0.25, -0.2) is 0 Å². The topological polar surface area (TPSA) is 54.5 Å². The summed E-state index contributed by atoms with van der Waals surface area (Å²) in [6.45, 7) is 7.40. The van der Waals surface area contributed by atoms with Gasteiger partial charge in [0.15, 0.2) is 0 Å². The van der Waals surface area contributed by atoms with Gasteiger partial charge in [0.2, 0.25) is 5.91 Å². The molecule has 0 unspecified atom stereocenters. The van der Waals surface area contributed by atoms with Crippen molar-refractivity contribution in [3.63, 3.8) is 0 Å². The van der Waals surface area contributed by atoms with Gasteiger partial charge >= 0.3 is 0 Å². The second kappa shape index (κ2) is 8.52. The maximum absolute atomic E-state index is 12.0. The van der Waals surface area contributed by atoms with Crippen molar-refractivity contribution in [1.29, 1.82) is 0 Å². The highest BCUT2D eigenvalue weighted by atomic mass is 32.2. The number of carbonyl (C=O) groups is 1. The van der Waals surface area contributed by atoms with E-state index in [1.807, 2.05) is 12.1 Å². The van der Waals surface area contributed by atoms with Crippen LogP contribution in [-0.4, -0.2) is 58.9 Å². The lowest BCUT2D eigenvalue weighted by Crippen LogP contribution is -2.47. The van der Waals surface area contributed by atoms with E-state index in [1.165, 1.54) is 11.8 Å². The summed E-state index contributed by atoms with van der Waals surface area (Å²) >= 11 is 1.54. The number of aromatic nitrogens is 1. The molecule has 5 nitrogen and oxygen atoms in total. The highest BCUT2D eigenvalue weighted by Gasteiger charge is 2.42. The summed E-state index contributed by atoms with van der Waals surface area (Å²) in [4.78, 5) is 19.6. The van der Waals surface area contributed by atoms with Crippen molar-refractivity contribution < 1.29 is 9.53 Å². The van der Waals surface area contributed by atoms with E-state index in [0.717, 1.165) is 43.7 Å². The molecule has 3 rings (SSSR count). The van der Waals surface area contributed by atoms with Gasteiger partial charge in [0.1, 0.15) is 0 Å². The van der Waals surface area contributed by atoms with Crippen LogP contribution in [0.4, 0.5) is 0 Å². The Kier molecular flexibility index (Phi) is 6.36. The summed E-state index contributed by atoms with van der Waals surface area (Å²) in [5.74, 6) is 0.506. The summed E-state index contributed by atoms with van der Waals surface area (Å²) in [7, 11) is 0. The molecule has 0 saturated carbocycles. The lowest BCUT2D eigenvalue weighted by molar-refractivity contribution is -0.120. The monoisotopic (exact) mass is 363 g/mol. The molecule has 1 aromatic heterocycles. The zero-order chi connectivity index (χ0) is 17.7. The van der Waals surface area contributed by atoms with Crippen LogP contribution in [-0.2, 0) is 9.53 Å². The minimum Gasteiger partial charge on any atom is -0.370 e. The number of rotatable bonds is 6. The summed E-state index contributed by atoms with van der Waals surface area (Å²) in [5, 5.41) is 3.03. The molecule has 1 spiro atoms. The van der Waals surface area contributed by atoms with Crippen LogP contribution in [0.15, 0.2) is 29.4 Å². The van der Waals surface area contributed by atoms with E-state index < -0.39 is 0 Å². The van der Waals surface area contributed by atoms with E-state index >= 15 is 0 Å². The van der Waals surface area contributed by atoms with E-state index in [2.05, 4.69) is 29.0 Å². The number of thioether (sulfide) groups is 1. The molecular formula is C19H29N3O2S. The minimum absolute atomic E-state index is 0.0621. The molecule has 25 heavy (non-hydrogen) atoms. The quantitative estimate of drug-likeness (QED) is 0.788. The molecule has 138 valence electrons. The number of nitrogens with one attached hydrogen (secondary N) is 1. The molecule has 1 amide bonds. The van der Waals surface area contributed by atoms with Crippen LogP contribution in [0.5, 0.6) is 0 Å². The van der Waals surface area contributed by atoms with Crippen LogP contribution in [0.25, 0.3) is 0 Å². The zero-order valence-corrected chi connectivity index (χ0v) is 16.1. The predicted molar refractivity (Wildman–Crippen MR) is 101 cm³/mol. The van der Waals surface area contributed by atoms with Gasteiger partial charge < -0.3 is 15.0 Å². The summed E-state index contributed by atoms with van der Waals surface area (Å²) in [6.07, 6.45) is 8.08. The molecule has 2 aliphatic rings. The van der Waals surface area contributed by atoms with Gasteiger partial charge in [0, 0.05) is 43.0 Å². The molecule has 2 aliphatic heterocycles. The molecule has 0 aromatic carbocycles. The SMILES string of the molecule is CC(C)N1CCC2(CC[C@H](CNC(=O)CSc3ccncc3)O2)CC1. The molecule has 2 fully saturated rings. The van der Waals surface area contributed by atoms with Gasteiger partial charge in [-0.2, -0.15) is 0 Å². The Bertz CT molecular complexity index is 559. The first-order valence-corrected chi connectivity index (χ1v) is 10.3. The first-order chi connectivity index (χ1) is 12.1. The van der Waals surface area contributed by atoms with Crippen LogP contribution >= 0.6 is 11.8 Å². The Morgan fingerprint density at radius 2 is 2.08 bits per heavy atom. The minimum atomic E-state index is 0.0621. The number of carbonyl (C=O) groups excluding carboxylic acids is 1.